The van der Waals surface area contributed by atoms with Crippen molar-refractivity contribution in [3.05, 3.63) is 65.4 Å². The van der Waals surface area contributed by atoms with Crippen molar-refractivity contribution in [2.75, 3.05) is 13.1 Å². The molecule has 0 amide bonds. The molecule has 4 heterocycles. The molecule has 3 aromatic rings. The number of hydrogen-bond donors (Lipinski definition) is 0. The van der Waals surface area contributed by atoms with Crippen LogP contribution in [-0.4, -0.2) is 43.4 Å². The first-order valence-corrected chi connectivity index (χ1v) is 10.4. The van der Waals surface area contributed by atoms with E-state index in [4.69, 9.17) is 10.1 Å². The smallest absolute Gasteiger partial charge is 0.173 e. The lowest BCUT2D eigenvalue weighted by Gasteiger charge is -2.28. The Morgan fingerprint density at radius 2 is 1.97 bits per heavy atom. The van der Waals surface area contributed by atoms with Gasteiger partial charge in [0.25, 0.3) is 0 Å². The zero-order valence-corrected chi connectivity index (χ0v) is 16.9. The van der Waals surface area contributed by atoms with Crippen LogP contribution in [0.2, 0.25) is 0 Å². The van der Waals surface area contributed by atoms with Gasteiger partial charge in [-0.05, 0) is 19.3 Å². The van der Waals surface area contributed by atoms with E-state index in [9.17, 15) is 0 Å². The third-order valence-electron chi connectivity index (χ3n) is 5.74. The number of benzene rings is 1. The first kappa shape index (κ1) is 18.2. The van der Waals surface area contributed by atoms with E-state index in [1.807, 2.05) is 24.0 Å². The largest absolute Gasteiger partial charge is 0.294 e. The lowest BCUT2D eigenvalue weighted by molar-refractivity contribution is 0.243. The number of aliphatic imine (C=N–C) groups is 1. The summed E-state index contributed by atoms with van der Waals surface area (Å²) in [6.07, 6.45) is 8.50. The highest BCUT2D eigenvalue weighted by atomic mass is 15.3. The fourth-order valence-electron chi connectivity index (χ4n) is 4.26. The molecule has 6 nitrogen and oxygen atoms in total. The van der Waals surface area contributed by atoms with E-state index in [1.54, 1.807) is 0 Å². The third kappa shape index (κ3) is 3.85. The van der Waals surface area contributed by atoms with E-state index in [0.717, 1.165) is 56.3 Å². The Kier molecular flexibility index (Phi) is 4.94. The van der Waals surface area contributed by atoms with Crippen LogP contribution >= 0.6 is 0 Å². The Labute approximate surface area is 171 Å². The Bertz CT molecular complexity index is 1040. The maximum absolute atomic E-state index is 4.86. The lowest BCUT2D eigenvalue weighted by Crippen LogP contribution is -2.31. The molecular formula is C23H26N6. The minimum absolute atomic E-state index is 0.843. The van der Waals surface area contributed by atoms with Gasteiger partial charge in [-0.15, -0.1) is 0 Å². The van der Waals surface area contributed by atoms with Gasteiger partial charge in [0.1, 0.15) is 0 Å². The fraction of sp³-hybridized carbons (Fsp3) is 0.391. The normalized spacial score (nSPS) is 17.1. The van der Waals surface area contributed by atoms with Gasteiger partial charge in [-0.2, -0.15) is 5.10 Å². The van der Waals surface area contributed by atoms with Gasteiger partial charge >= 0.3 is 0 Å². The second-order valence-corrected chi connectivity index (χ2v) is 7.95. The zero-order chi connectivity index (χ0) is 19.6. The highest BCUT2D eigenvalue weighted by Crippen LogP contribution is 2.25. The Morgan fingerprint density at radius 3 is 2.79 bits per heavy atom. The van der Waals surface area contributed by atoms with Crippen molar-refractivity contribution in [1.29, 1.82) is 0 Å². The molecule has 1 aromatic carbocycles. The van der Waals surface area contributed by atoms with Gasteiger partial charge < -0.3 is 0 Å². The molecule has 148 valence electrons. The molecule has 0 radical (unpaired) electrons. The monoisotopic (exact) mass is 386 g/mol. The molecule has 0 spiro atoms. The van der Waals surface area contributed by atoms with Crippen LogP contribution in [0.15, 0.2) is 47.7 Å². The van der Waals surface area contributed by atoms with E-state index >= 15 is 0 Å². The van der Waals surface area contributed by atoms with Crippen molar-refractivity contribution in [2.45, 2.75) is 38.8 Å². The first-order chi connectivity index (χ1) is 14.3. The number of rotatable bonds is 4. The van der Waals surface area contributed by atoms with Crippen molar-refractivity contribution in [1.82, 2.24) is 24.6 Å². The Morgan fingerprint density at radius 1 is 1.07 bits per heavy atom. The molecule has 0 aliphatic carbocycles. The van der Waals surface area contributed by atoms with Gasteiger partial charge in [0.05, 0.1) is 17.1 Å². The average Bonchev–Trinajstić information content (AvgIpc) is 3.14. The molecular weight excluding hydrogens is 360 g/mol. The molecule has 0 bridgehead atoms. The van der Waals surface area contributed by atoms with Gasteiger partial charge in [0.2, 0.25) is 0 Å². The number of aryl methyl sites for hydroxylation is 1. The van der Waals surface area contributed by atoms with Gasteiger partial charge in [0, 0.05) is 68.7 Å². The Balaban J connectivity index is 1.34. The molecule has 0 saturated carbocycles. The third-order valence-corrected chi connectivity index (χ3v) is 5.74. The van der Waals surface area contributed by atoms with Crippen molar-refractivity contribution in [3.8, 4) is 11.3 Å². The summed E-state index contributed by atoms with van der Waals surface area (Å²) in [6, 6.07) is 10.4. The summed E-state index contributed by atoms with van der Waals surface area (Å²) < 4.78 is 1.91. The summed E-state index contributed by atoms with van der Waals surface area (Å²) in [7, 11) is 1.99. The second kappa shape index (κ2) is 7.87. The minimum Gasteiger partial charge on any atom is -0.294 e. The predicted octanol–water partition coefficient (Wildman–Crippen LogP) is 3.41. The SMILES string of the molecule is Cn1cc(CN2CCc3nc(C4=NCCCC4)ncc3C2)c(-c2ccccc2)n1. The first-order valence-electron chi connectivity index (χ1n) is 10.4. The number of aromatic nitrogens is 4. The molecule has 2 aliphatic heterocycles. The molecule has 2 aliphatic rings. The van der Waals surface area contributed by atoms with Crippen LogP contribution in [0.3, 0.4) is 0 Å². The number of nitrogens with zero attached hydrogens (tertiary/aromatic N) is 6. The van der Waals surface area contributed by atoms with Crippen molar-refractivity contribution in [2.24, 2.45) is 12.0 Å². The van der Waals surface area contributed by atoms with Crippen LogP contribution in [0, 0.1) is 0 Å². The van der Waals surface area contributed by atoms with Crippen LogP contribution in [0.5, 0.6) is 0 Å². The van der Waals surface area contributed by atoms with Crippen LogP contribution in [-0.2, 0) is 26.6 Å². The highest BCUT2D eigenvalue weighted by molar-refractivity contribution is 5.97. The second-order valence-electron chi connectivity index (χ2n) is 7.95. The van der Waals surface area contributed by atoms with Gasteiger partial charge in [-0.3, -0.25) is 14.6 Å². The highest BCUT2D eigenvalue weighted by Gasteiger charge is 2.22. The van der Waals surface area contributed by atoms with Crippen LogP contribution in [0.1, 0.15) is 41.9 Å². The molecule has 2 aromatic heterocycles. The number of fused-ring (bicyclic) bond motifs is 1. The average molecular weight is 387 g/mol. The summed E-state index contributed by atoms with van der Waals surface area (Å²) in [4.78, 5) is 16.6. The van der Waals surface area contributed by atoms with E-state index in [2.05, 4.69) is 45.3 Å². The van der Waals surface area contributed by atoms with Gasteiger partial charge in [-0.1, -0.05) is 30.3 Å². The summed E-state index contributed by atoms with van der Waals surface area (Å²) in [6.45, 7) is 3.68. The summed E-state index contributed by atoms with van der Waals surface area (Å²) in [5.74, 6) is 0.843. The van der Waals surface area contributed by atoms with E-state index in [1.165, 1.54) is 35.2 Å². The molecule has 0 atom stereocenters. The Hall–Kier alpha value is -2.86. The van der Waals surface area contributed by atoms with E-state index in [0.29, 0.717) is 0 Å². The zero-order valence-electron chi connectivity index (χ0n) is 16.9. The van der Waals surface area contributed by atoms with Crippen LogP contribution in [0.25, 0.3) is 11.3 Å². The topological polar surface area (TPSA) is 59.2 Å². The standard InChI is InChI=1S/C23H26N6/c1-28-14-19(22(27-28)17-7-3-2-4-8-17)16-29-12-10-20-18(15-29)13-25-23(26-20)21-9-5-6-11-24-21/h2-4,7-8,13-14H,5-6,9-12,15-16H2,1H3. The molecule has 29 heavy (non-hydrogen) atoms. The summed E-state index contributed by atoms with van der Waals surface area (Å²) in [5, 5.41) is 4.71. The lowest BCUT2D eigenvalue weighted by atomic mass is 10.0. The minimum atomic E-state index is 0.843. The molecule has 0 N–H and O–H groups in total. The van der Waals surface area contributed by atoms with Crippen LogP contribution in [0.4, 0.5) is 0 Å². The van der Waals surface area contributed by atoms with Crippen LogP contribution < -0.4 is 0 Å². The molecule has 0 unspecified atom stereocenters. The van der Waals surface area contributed by atoms with E-state index < -0.39 is 0 Å². The quantitative estimate of drug-likeness (QED) is 0.689. The van der Waals surface area contributed by atoms with Gasteiger partial charge in [0.15, 0.2) is 5.82 Å². The fourth-order valence-corrected chi connectivity index (χ4v) is 4.26. The van der Waals surface area contributed by atoms with Crippen molar-refractivity contribution < 1.29 is 0 Å². The summed E-state index contributed by atoms with van der Waals surface area (Å²) >= 11 is 0. The maximum Gasteiger partial charge on any atom is 0.173 e. The molecule has 5 rings (SSSR count). The number of hydrogen-bond acceptors (Lipinski definition) is 5. The predicted molar refractivity (Wildman–Crippen MR) is 114 cm³/mol. The maximum atomic E-state index is 4.86. The molecule has 6 heteroatoms. The molecule has 0 fully saturated rings. The molecule has 0 saturated heterocycles. The van der Waals surface area contributed by atoms with Crippen molar-refractivity contribution >= 4 is 5.71 Å². The summed E-state index contributed by atoms with van der Waals surface area (Å²) in [5.41, 5.74) is 7.01. The van der Waals surface area contributed by atoms with E-state index in [-0.39, 0.29) is 0 Å². The van der Waals surface area contributed by atoms with Crippen molar-refractivity contribution in [3.63, 3.8) is 0 Å². The van der Waals surface area contributed by atoms with Gasteiger partial charge in [-0.25, -0.2) is 9.97 Å².